The van der Waals surface area contributed by atoms with E-state index in [1.807, 2.05) is 37.3 Å². The van der Waals surface area contributed by atoms with Crippen LogP contribution >= 0.6 is 7.60 Å². The van der Waals surface area contributed by atoms with Crippen LogP contribution in [0.25, 0.3) is 11.1 Å². The van der Waals surface area contributed by atoms with Gasteiger partial charge >= 0.3 is 7.60 Å². The topological polar surface area (TPSA) is 94.1 Å². The maximum Gasteiger partial charge on any atom is 0.330 e. The summed E-state index contributed by atoms with van der Waals surface area (Å²) in [5.74, 6) is 0.447. The molecular formula is C36H48NO6P. The van der Waals surface area contributed by atoms with Gasteiger partial charge in [0, 0.05) is 6.04 Å². The number of phenolic OH excluding ortho intramolecular Hbond substituents is 1. The highest BCUT2D eigenvalue weighted by atomic mass is 31.2. The first-order valence-corrected chi connectivity index (χ1v) is 17.7. The average Bonchev–Trinajstić information content (AvgIpc) is 3.31. The number of carbonyl (C=O) groups is 1. The molecule has 44 heavy (non-hydrogen) atoms. The van der Waals surface area contributed by atoms with E-state index in [-0.39, 0.29) is 17.7 Å². The average molecular weight is 622 g/mol. The van der Waals surface area contributed by atoms with E-state index in [0.29, 0.717) is 50.8 Å². The second-order valence-electron chi connectivity index (χ2n) is 11.7. The van der Waals surface area contributed by atoms with E-state index in [1.165, 1.54) is 7.11 Å². The third-order valence-electron chi connectivity index (χ3n) is 8.42. The number of amides is 1. The summed E-state index contributed by atoms with van der Waals surface area (Å²) in [6, 6.07) is 21.4. The number of rotatable bonds is 18. The number of ether oxygens (including phenoxy) is 1. The fourth-order valence-corrected chi connectivity index (χ4v) is 7.87. The lowest BCUT2D eigenvalue weighted by Gasteiger charge is -2.32. The Kier molecular flexibility index (Phi) is 12.1. The van der Waals surface area contributed by atoms with Gasteiger partial charge in [0.25, 0.3) is 0 Å². The highest BCUT2D eigenvalue weighted by molar-refractivity contribution is 7.53. The van der Waals surface area contributed by atoms with Crippen molar-refractivity contribution in [2.24, 2.45) is 0 Å². The number of hydrogen-bond acceptors (Lipinski definition) is 6. The summed E-state index contributed by atoms with van der Waals surface area (Å²) < 4.78 is 30.6. The molecule has 8 heteroatoms. The number of aromatic hydroxyl groups is 1. The fraction of sp³-hybridized carbons (Fsp3) is 0.472. The summed E-state index contributed by atoms with van der Waals surface area (Å²) in [5, 5.41) is 13.3. The Morgan fingerprint density at radius 3 is 2.05 bits per heavy atom. The highest BCUT2D eigenvalue weighted by Gasteiger charge is 2.48. The largest absolute Gasteiger partial charge is 0.504 e. The molecule has 238 valence electrons. The predicted octanol–water partition coefficient (Wildman–Crippen LogP) is 8.41. The lowest BCUT2D eigenvalue weighted by molar-refractivity contribution is -0.126. The molecule has 0 radical (unpaired) electrons. The van der Waals surface area contributed by atoms with Crippen molar-refractivity contribution < 1.29 is 28.3 Å². The van der Waals surface area contributed by atoms with Crippen LogP contribution in [0.15, 0.2) is 66.7 Å². The zero-order chi connectivity index (χ0) is 31.6. The molecule has 1 amide bonds. The molecule has 1 atom stereocenters. The van der Waals surface area contributed by atoms with E-state index < -0.39 is 13.0 Å². The standard InChI is InChI=1S/C36H48NO6P/c1-5-7-22-42-44(40,43-23-8-6-2)24-14-13-21-36(31-17-11-9-15-29(31)30-16-10-12-18-32(30)36)35(39)37-27(3)25-28-19-20-33(38)34(26-28)41-4/h9-12,15-20,26-27,38H,5-8,13-14,21-25H2,1-4H3,(H,37,39). The number of unbranched alkanes of at least 4 members (excludes halogenated alkanes) is 3. The molecule has 0 bridgehead atoms. The van der Waals surface area contributed by atoms with Crippen molar-refractivity contribution in [3.8, 4) is 22.6 Å². The summed E-state index contributed by atoms with van der Waals surface area (Å²) in [6.07, 6.45) is 6.39. The molecule has 0 fully saturated rings. The van der Waals surface area contributed by atoms with Crippen LogP contribution in [0.3, 0.4) is 0 Å². The maximum atomic E-state index is 14.5. The maximum absolute atomic E-state index is 14.5. The quantitative estimate of drug-likeness (QED) is 0.109. The number of carbonyl (C=O) groups excluding carboxylic acids is 1. The van der Waals surface area contributed by atoms with Gasteiger partial charge in [-0.1, -0.05) is 87.7 Å². The molecular weight excluding hydrogens is 573 g/mol. The second-order valence-corrected chi connectivity index (χ2v) is 13.9. The summed E-state index contributed by atoms with van der Waals surface area (Å²) in [7, 11) is -1.69. The van der Waals surface area contributed by atoms with Crippen molar-refractivity contribution in [1.82, 2.24) is 5.32 Å². The van der Waals surface area contributed by atoms with E-state index in [0.717, 1.165) is 53.5 Å². The first-order chi connectivity index (χ1) is 21.3. The Balaban J connectivity index is 1.56. The summed E-state index contributed by atoms with van der Waals surface area (Å²) >= 11 is 0. The van der Waals surface area contributed by atoms with Crippen LogP contribution in [0.2, 0.25) is 0 Å². The molecule has 3 aromatic rings. The molecule has 0 heterocycles. The van der Waals surface area contributed by atoms with E-state index in [2.05, 4.69) is 43.4 Å². The van der Waals surface area contributed by atoms with E-state index in [9.17, 15) is 14.5 Å². The smallest absolute Gasteiger partial charge is 0.330 e. The zero-order valence-corrected chi connectivity index (χ0v) is 27.5. The van der Waals surface area contributed by atoms with Crippen molar-refractivity contribution >= 4 is 13.5 Å². The van der Waals surface area contributed by atoms with E-state index >= 15 is 0 Å². The first-order valence-electron chi connectivity index (χ1n) is 16.0. The minimum atomic E-state index is -3.22. The van der Waals surface area contributed by atoms with Gasteiger partial charge in [-0.05, 0) is 79.0 Å². The van der Waals surface area contributed by atoms with Crippen LogP contribution in [0.4, 0.5) is 0 Å². The third-order valence-corrected chi connectivity index (χ3v) is 10.4. The van der Waals surface area contributed by atoms with Crippen LogP contribution in [0.1, 0.15) is 82.4 Å². The van der Waals surface area contributed by atoms with Crippen molar-refractivity contribution in [3.63, 3.8) is 0 Å². The first kappa shape index (κ1) is 33.8. The molecule has 2 N–H and O–H groups in total. The molecule has 7 nitrogen and oxygen atoms in total. The lowest BCUT2D eigenvalue weighted by Crippen LogP contribution is -2.48. The molecule has 1 unspecified atom stereocenters. The van der Waals surface area contributed by atoms with Crippen LogP contribution in [0, 0.1) is 0 Å². The molecule has 0 spiro atoms. The Morgan fingerprint density at radius 2 is 1.48 bits per heavy atom. The number of methoxy groups -OCH3 is 1. The van der Waals surface area contributed by atoms with Crippen molar-refractivity contribution in [1.29, 1.82) is 0 Å². The second kappa shape index (κ2) is 15.7. The van der Waals surface area contributed by atoms with Crippen molar-refractivity contribution in [2.45, 2.75) is 83.6 Å². The van der Waals surface area contributed by atoms with Crippen molar-refractivity contribution in [3.05, 3.63) is 83.4 Å². The number of fused-ring (bicyclic) bond motifs is 3. The SMILES string of the molecule is CCCCOP(=O)(CCCCC1(C(=O)NC(C)Cc2ccc(O)c(OC)c2)c2ccccc2-c2ccccc21)OCCCC. The Hall–Kier alpha value is -3.12. The summed E-state index contributed by atoms with van der Waals surface area (Å²) in [4.78, 5) is 14.5. The predicted molar refractivity (Wildman–Crippen MR) is 177 cm³/mol. The van der Waals surface area contributed by atoms with Gasteiger partial charge in [0.05, 0.1) is 26.5 Å². The Bertz CT molecular complexity index is 1380. The Morgan fingerprint density at radius 1 is 0.886 bits per heavy atom. The number of hydrogen-bond donors (Lipinski definition) is 2. The van der Waals surface area contributed by atoms with E-state index in [1.54, 1.807) is 12.1 Å². The van der Waals surface area contributed by atoms with Gasteiger partial charge in [-0.2, -0.15) is 0 Å². The van der Waals surface area contributed by atoms with E-state index in [4.69, 9.17) is 13.8 Å². The van der Waals surface area contributed by atoms with Crippen LogP contribution < -0.4 is 10.1 Å². The summed E-state index contributed by atoms with van der Waals surface area (Å²) in [5.41, 5.74) is 4.22. The molecule has 0 saturated heterocycles. The number of phenols is 1. The number of benzene rings is 3. The summed E-state index contributed by atoms with van der Waals surface area (Å²) in [6.45, 7) is 7.01. The van der Waals surface area contributed by atoms with Gasteiger partial charge in [-0.25, -0.2) is 0 Å². The van der Waals surface area contributed by atoms with Gasteiger partial charge in [0.2, 0.25) is 5.91 Å². The number of nitrogens with one attached hydrogen (secondary N) is 1. The van der Waals surface area contributed by atoms with Crippen LogP contribution in [0.5, 0.6) is 11.5 Å². The molecule has 3 aromatic carbocycles. The van der Waals surface area contributed by atoms with Gasteiger partial charge in [0.1, 0.15) is 5.41 Å². The Labute approximate surface area is 262 Å². The zero-order valence-electron chi connectivity index (χ0n) is 26.6. The van der Waals surface area contributed by atoms with Gasteiger partial charge < -0.3 is 24.2 Å². The van der Waals surface area contributed by atoms with Gasteiger partial charge in [0.15, 0.2) is 11.5 Å². The molecule has 0 saturated carbocycles. The monoisotopic (exact) mass is 621 g/mol. The minimum Gasteiger partial charge on any atom is -0.504 e. The third kappa shape index (κ3) is 7.74. The highest BCUT2D eigenvalue weighted by Crippen LogP contribution is 2.53. The molecule has 0 aliphatic heterocycles. The van der Waals surface area contributed by atoms with Crippen LogP contribution in [-0.2, 0) is 30.2 Å². The van der Waals surface area contributed by atoms with Crippen molar-refractivity contribution in [2.75, 3.05) is 26.5 Å². The molecule has 1 aliphatic carbocycles. The molecule has 0 aromatic heterocycles. The normalized spacial score (nSPS) is 14.1. The van der Waals surface area contributed by atoms with Crippen LogP contribution in [-0.4, -0.2) is 43.5 Å². The minimum absolute atomic E-state index is 0.0466. The molecule has 4 rings (SSSR count). The fourth-order valence-electron chi connectivity index (χ4n) is 6.11. The lowest BCUT2D eigenvalue weighted by atomic mass is 9.73. The van der Waals surface area contributed by atoms with Gasteiger partial charge in [-0.15, -0.1) is 0 Å². The molecule has 1 aliphatic rings. The van der Waals surface area contributed by atoms with Gasteiger partial charge in [-0.3, -0.25) is 9.36 Å².